The fourth-order valence-electron chi connectivity index (χ4n) is 0.627. The number of hydrogen-bond donors (Lipinski definition) is 1. The zero-order chi connectivity index (χ0) is 8.81. The largest absolute Gasteiger partial charge is 0.468 e. The van der Waals surface area contributed by atoms with E-state index in [0.717, 1.165) is 0 Å². The van der Waals surface area contributed by atoms with Crippen LogP contribution in [0, 0.1) is 0 Å². The molecule has 0 unspecified atom stereocenters. The number of carbonyl (C=O) groups is 1. The summed E-state index contributed by atoms with van der Waals surface area (Å²) in [4.78, 5) is 15.7. The molecule has 68 valence electrons. The van der Waals surface area contributed by atoms with E-state index in [0.29, 0.717) is 13.2 Å². The zero-order valence-electron chi connectivity index (χ0n) is 6.70. The first-order chi connectivity index (χ1) is 5.84. The maximum Gasteiger partial charge on any atom is 0.316 e. The third-order valence-corrected chi connectivity index (χ3v) is 1.13. The smallest absolute Gasteiger partial charge is 0.316 e. The molecule has 6 heteroatoms. The number of nitrogens with one attached hydrogen (secondary N) is 1. The lowest BCUT2D eigenvalue weighted by atomic mass is 10.6. The molecule has 12 heavy (non-hydrogen) atoms. The molecule has 0 bridgehead atoms. The second kappa shape index (κ2) is 4.55. The van der Waals surface area contributed by atoms with Crippen molar-refractivity contribution in [3.63, 3.8) is 0 Å². The fourth-order valence-corrected chi connectivity index (χ4v) is 0.627. The Hall–Kier alpha value is -1.30. The zero-order valence-corrected chi connectivity index (χ0v) is 6.70. The second-order valence-corrected chi connectivity index (χ2v) is 2.02. The number of ether oxygens (including phenoxy) is 2. The minimum absolute atomic E-state index is 0.0571. The predicted molar refractivity (Wildman–Crippen MR) is 39.4 cm³/mol. The van der Waals surface area contributed by atoms with E-state index < -0.39 is 5.91 Å². The monoisotopic (exact) mass is 174 g/mol. The van der Waals surface area contributed by atoms with E-state index >= 15 is 0 Å². The van der Waals surface area contributed by atoms with E-state index in [9.17, 15) is 4.79 Å². The Balaban J connectivity index is 2.35. The highest BCUT2D eigenvalue weighted by Gasteiger charge is 2.16. The fraction of sp³-hybridized carbons (Fsp3) is 0.667. The molecule has 0 aromatic heterocycles. The van der Waals surface area contributed by atoms with Crippen LogP contribution in [-0.4, -0.2) is 38.9 Å². The highest BCUT2D eigenvalue weighted by atomic mass is 16.7. The average Bonchev–Trinajstić information content (AvgIpc) is 2.15. The molecule has 0 saturated heterocycles. The number of carbonyl (C=O) groups excluding carboxylic acids is 1. The normalized spacial score (nSPS) is 15.6. The third-order valence-electron chi connectivity index (χ3n) is 1.13. The minimum Gasteiger partial charge on any atom is -0.468 e. The van der Waals surface area contributed by atoms with E-state index in [2.05, 4.69) is 20.0 Å². The van der Waals surface area contributed by atoms with Crippen molar-refractivity contribution in [2.45, 2.75) is 0 Å². The van der Waals surface area contributed by atoms with E-state index in [-0.39, 0.29) is 12.6 Å². The van der Waals surface area contributed by atoms with Crippen LogP contribution >= 0.6 is 0 Å². The molecule has 1 N–H and O–H groups in total. The van der Waals surface area contributed by atoms with Crippen LogP contribution in [0.3, 0.4) is 0 Å². The summed E-state index contributed by atoms with van der Waals surface area (Å²) in [5.41, 5.74) is 0. The molecule has 6 nitrogen and oxygen atoms in total. The molecule has 1 aliphatic heterocycles. The van der Waals surface area contributed by atoms with Crippen LogP contribution in [0.25, 0.3) is 0 Å². The van der Waals surface area contributed by atoms with Crippen LogP contribution in [0.2, 0.25) is 0 Å². The van der Waals surface area contributed by atoms with Crippen LogP contribution < -0.4 is 5.32 Å². The van der Waals surface area contributed by atoms with Crippen molar-refractivity contribution in [1.29, 1.82) is 0 Å². The van der Waals surface area contributed by atoms with Gasteiger partial charge in [0.25, 0.3) is 0 Å². The van der Waals surface area contributed by atoms with E-state index in [1.54, 1.807) is 0 Å². The molecule has 1 heterocycles. The average molecular weight is 174 g/mol. The lowest BCUT2D eigenvalue weighted by Gasteiger charge is -2.12. The van der Waals surface area contributed by atoms with E-state index in [1.807, 2.05) is 0 Å². The Kier molecular flexibility index (Phi) is 3.34. The quantitative estimate of drug-likeness (QED) is 0.561. The van der Waals surface area contributed by atoms with Crippen molar-refractivity contribution >= 4 is 11.8 Å². The number of methoxy groups -OCH3 is 1. The predicted octanol–water partition coefficient (Wildman–Crippen LogP) is -0.933. The molecular formula is C6H10N2O4. The maximum atomic E-state index is 11.0. The van der Waals surface area contributed by atoms with E-state index in [1.165, 1.54) is 7.11 Å². The number of hydrogen-bond acceptors (Lipinski definition) is 5. The van der Waals surface area contributed by atoms with Gasteiger partial charge in [-0.05, 0) is 5.16 Å². The highest BCUT2D eigenvalue weighted by molar-refractivity contribution is 6.35. The van der Waals surface area contributed by atoms with Crippen molar-refractivity contribution in [1.82, 2.24) is 5.32 Å². The molecule has 1 rings (SSSR count). The Morgan fingerprint density at radius 2 is 2.58 bits per heavy atom. The van der Waals surface area contributed by atoms with Gasteiger partial charge in [-0.15, -0.1) is 0 Å². The van der Waals surface area contributed by atoms with Crippen molar-refractivity contribution in [3.05, 3.63) is 0 Å². The van der Waals surface area contributed by atoms with Gasteiger partial charge < -0.3 is 19.6 Å². The van der Waals surface area contributed by atoms with Gasteiger partial charge in [-0.1, -0.05) is 0 Å². The number of amides is 1. The Morgan fingerprint density at radius 3 is 3.17 bits per heavy atom. The lowest BCUT2D eigenvalue weighted by Crippen LogP contribution is -2.36. The summed E-state index contributed by atoms with van der Waals surface area (Å²) in [5, 5.41) is 5.81. The molecule has 0 spiro atoms. The first kappa shape index (κ1) is 8.79. The molecule has 0 atom stereocenters. The summed E-state index contributed by atoms with van der Waals surface area (Å²) in [6, 6.07) is 0. The molecular weight excluding hydrogens is 164 g/mol. The molecule has 0 radical (unpaired) electrons. The molecule has 1 aliphatic rings. The number of nitrogens with zero attached hydrogens (tertiary/aromatic N) is 1. The van der Waals surface area contributed by atoms with Gasteiger partial charge in [0.2, 0.25) is 0 Å². The first-order valence-corrected chi connectivity index (χ1v) is 3.44. The maximum absolute atomic E-state index is 11.0. The number of rotatable bonds is 3. The van der Waals surface area contributed by atoms with Gasteiger partial charge in [-0.2, -0.15) is 0 Å². The molecule has 0 aromatic carbocycles. The summed E-state index contributed by atoms with van der Waals surface area (Å²) in [5.74, 6) is -0.491. The van der Waals surface area contributed by atoms with Gasteiger partial charge in [0.1, 0.15) is 13.3 Å². The van der Waals surface area contributed by atoms with Gasteiger partial charge in [0.05, 0.1) is 0 Å². The second-order valence-electron chi connectivity index (χ2n) is 2.02. The Morgan fingerprint density at radius 1 is 1.75 bits per heavy atom. The van der Waals surface area contributed by atoms with Crippen molar-refractivity contribution in [3.8, 4) is 0 Å². The van der Waals surface area contributed by atoms with Crippen molar-refractivity contribution in [2.24, 2.45) is 5.16 Å². The van der Waals surface area contributed by atoms with Crippen molar-refractivity contribution in [2.75, 3.05) is 27.1 Å². The topological polar surface area (TPSA) is 69.2 Å². The molecule has 1 amide bonds. The summed E-state index contributed by atoms with van der Waals surface area (Å²) < 4.78 is 9.51. The van der Waals surface area contributed by atoms with Crippen LogP contribution in [0.5, 0.6) is 0 Å². The van der Waals surface area contributed by atoms with Gasteiger partial charge >= 0.3 is 11.8 Å². The van der Waals surface area contributed by atoms with E-state index in [4.69, 9.17) is 4.74 Å². The first-order valence-electron chi connectivity index (χ1n) is 3.44. The van der Waals surface area contributed by atoms with Gasteiger partial charge in [-0.25, -0.2) is 0 Å². The lowest BCUT2D eigenvalue weighted by molar-refractivity contribution is -0.118. The van der Waals surface area contributed by atoms with Crippen LogP contribution in [0.15, 0.2) is 5.16 Å². The van der Waals surface area contributed by atoms with Crippen LogP contribution in [-0.2, 0) is 19.1 Å². The van der Waals surface area contributed by atoms with Crippen LogP contribution in [0.1, 0.15) is 0 Å². The number of oxime groups is 1. The van der Waals surface area contributed by atoms with Gasteiger partial charge in [0.15, 0.2) is 6.61 Å². The SMILES string of the molecule is COCNC(=O)C1=NOCCO1. The summed E-state index contributed by atoms with van der Waals surface area (Å²) in [6.45, 7) is 0.849. The van der Waals surface area contributed by atoms with Gasteiger partial charge in [-0.3, -0.25) is 4.79 Å². The summed E-state index contributed by atoms with van der Waals surface area (Å²) in [7, 11) is 1.47. The van der Waals surface area contributed by atoms with Gasteiger partial charge in [0, 0.05) is 7.11 Å². The summed E-state index contributed by atoms with van der Waals surface area (Å²) >= 11 is 0. The highest BCUT2D eigenvalue weighted by Crippen LogP contribution is 1.93. The summed E-state index contributed by atoms with van der Waals surface area (Å²) in [6.07, 6.45) is 0. The Labute approximate surface area is 69.5 Å². The van der Waals surface area contributed by atoms with Crippen molar-refractivity contribution < 1.29 is 19.1 Å². The Bertz CT molecular complexity index is 192. The molecule has 0 aromatic rings. The standard InChI is InChI=1S/C6H10N2O4/c1-10-4-7-5(9)6-8-12-3-2-11-6/h2-4H2,1H3,(H,7,9). The molecule has 0 saturated carbocycles. The minimum atomic E-state index is -0.434. The molecule has 0 aliphatic carbocycles. The third kappa shape index (κ3) is 2.39. The van der Waals surface area contributed by atoms with Crippen LogP contribution in [0.4, 0.5) is 0 Å². The molecule has 0 fully saturated rings.